The van der Waals surface area contributed by atoms with Crippen LogP contribution >= 0.6 is 0 Å². The molecule has 0 radical (unpaired) electrons. The highest BCUT2D eigenvalue weighted by Crippen LogP contribution is 2.02. The number of aromatic nitrogens is 1. The molecule has 0 aromatic carbocycles. The molecule has 0 fully saturated rings. The summed E-state index contributed by atoms with van der Waals surface area (Å²) in [7, 11) is 0. The summed E-state index contributed by atoms with van der Waals surface area (Å²) < 4.78 is 4.97. The van der Waals surface area contributed by atoms with E-state index in [1.54, 1.807) is 12.3 Å². The number of aryl methyl sites for hydroxylation is 1. The molecule has 0 saturated carbocycles. The first kappa shape index (κ1) is 13.7. The second kappa shape index (κ2) is 7.09. The van der Waals surface area contributed by atoms with Gasteiger partial charge in [-0.2, -0.15) is 0 Å². The van der Waals surface area contributed by atoms with E-state index in [4.69, 9.17) is 4.74 Å². The highest BCUT2D eigenvalue weighted by molar-refractivity contribution is 5.92. The predicted molar refractivity (Wildman–Crippen MR) is 64.7 cm³/mol. The van der Waals surface area contributed by atoms with Gasteiger partial charge in [-0.15, -0.1) is 0 Å². The fraction of sp³-hybridized carbons (Fsp3) is 0.583. The Bertz CT molecular complexity index is 349. The van der Waals surface area contributed by atoms with E-state index < -0.39 is 6.29 Å². The molecule has 1 atom stereocenters. The summed E-state index contributed by atoms with van der Waals surface area (Å²) in [5.74, 6) is -0.121. The van der Waals surface area contributed by atoms with Crippen LogP contribution in [0.1, 0.15) is 35.8 Å². The Morgan fingerprint density at radius 1 is 1.65 bits per heavy atom. The normalized spacial score (nSPS) is 12.4. The quantitative estimate of drug-likeness (QED) is 0.495. The minimum Gasteiger partial charge on any atom is -0.368 e. The van der Waals surface area contributed by atoms with Gasteiger partial charge in [-0.1, -0.05) is 0 Å². The van der Waals surface area contributed by atoms with Crippen LogP contribution < -0.4 is 5.32 Å². The van der Waals surface area contributed by atoms with Gasteiger partial charge in [-0.25, -0.2) is 0 Å². The van der Waals surface area contributed by atoms with E-state index in [9.17, 15) is 9.90 Å². The molecule has 17 heavy (non-hydrogen) atoms. The van der Waals surface area contributed by atoms with Gasteiger partial charge in [0.05, 0.1) is 0 Å². The summed E-state index contributed by atoms with van der Waals surface area (Å²) >= 11 is 0. The molecule has 1 rings (SSSR count). The van der Waals surface area contributed by atoms with Crippen molar-refractivity contribution in [1.29, 1.82) is 0 Å². The molecule has 0 bridgehead atoms. The van der Waals surface area contributed by atoms with E-state index in [-0.39, 0.29) is 5.91 Å². The number of rotatable bonds is 7. The van der Waals surface area contributed by atoms with E-state index in [2.05, 4.69) is 10.3 Å². The number of hydrogen-bond acceptors (Lipinski definition) is 3. The van der Waals surface area contributed by atoms with Crippen LogP contribution in [-0.4, -0.2) is 35.4 Å². The van der Waals surface area contributed by atoms with Crippen LogP contribution in [0.25, 0.3) is 0 Å². The van der Waals surface area contributed by atoms with Crippen LogP contribution in [0.3, 0.4) is 0 Å². The first-order valence-corrected chi connectivity index (χ1v) is 5.86. The summed E-state index contributed by atoms with van der Waals surface area (Å²) in [5.41, 5.74) is 1.59. The Balaban J connectivity index is 2.17. The second-order valence-corrected chi connectivity index (χ2v) is 3.90. The van der Waals surface area contributed by atoms with Crippen LogP contribution in [0.4, 0.5) is 0 Å². The third-order valence-electron chi connectivity index (χ3n) is 2.34. The van der Waals surface area contributed by atoms with Crippen molar-refractivity contribution in [3.8, 4) is 0 Å². The second-order valence-electron chi connectivity index (χ2n) is 3.90. The average Bonchev–Trinajstić information content (AvgIpc) is 2.71. The number of aliphatic hydroxyl groups excluding tert-OH is 1. The Morgan fingerprint density at radius 3 is 3.00 bits per heavy atom. The molecule has 0 aliphatic rings. The van der Waals surface area contributed by atoms with Gasteiger partial charge < -0.3 is 20.1 Å². The molecule has 1 heterocycles. The van der Waals surface area contributed by atoms with Crippen LogP contribution in [-0.2, 0) is 4.74 Å². The molecular formula is C12H20N2O3. The molecule has 0 aliphatic heterocycles. The number of amides is 1. The number of carbonyl (C=O) groups excluding carboxylic acids is 1. The largest absolute Gasteiger partial charge is 0.368 e. The SMILES string of the molecule is CCOC(O)CCCNC(=O)c1cc(C)c[nH]1. The predicted octanol–water partition coefficient (Wildman–Crippen LogP) is 1.19. The topological polar surface area (TPSA) is 74.3 Å². The third kappa shape index (κ3) is 5.01. The Morgan fingerprint density at radius 2 is 2.41 bits per heavy atom. The molecule has 0 spiro atoms. The minimum atomic E-state index is -0.732. The lowest BCUT2D eigenvalue weighted by molar-refractivity contribution is -0.0989. The standard InChI is InChI=1S/C12H20N2O3/c1-3-17-11(15)5-4-6-13-12(16)10-7-9(2)8-14-10/h7-8,11,14-15H,3-6H2,1-2H3,(H,13,16). The number of nitrogens with one attached hydrogen (secondary N) is 2. The maximum atomic E-state index is 11.6. The minimum absolute atomic E-state index is 0.121. The molecule has 0 saturated heterocycles. The van der Waals surface area contributed by atoms with Gasteiger partial charge in [0.25, 0.3) is 5.91 Å². The summed E-state index contributed by atoms with van der Waals surface area (Å²) in [4.78, 5) is 14.5. The van der Waals surface area contributed by atoms with Crippen molar-refractivity contribution in [3.63, 3.8) is 0 Å². The molecule has 1 unspecified atom stereocenters. The maximum Gasteiger partial charge on any atom is 0.267 e. The van der Waals surface area contributed by atoms with Crippen molar-refractivity contribution in [2.45, 2.75) is 33.0 Å². The molecule has 3 N–H and O–H groups in total. The molecule has 1 aromatic heterocycles. The van der Waals surface area contributed by atoms with Gasteiger partial charge >= 0.3 is 0 Å². The van der Waals surface area contributed by atoms with Crippen molar-refractivity contribution >= 4 is 5.91 Å². The van der Waals surface area contributed by atoms with Gasteiger partial charge in [0.1, 0.15) is 5.69 Å². The molecule has 5 nitrogen and oxygen atoms in total. The monoisotopic (exact) mass is 240 g/mol. The first-order chi connectivity index (χ1) is 8.13. The van der Waals surface area contributed by atoms with Crippen LogP contribution in [0.15, 0.2) is 12.3 Å². The Hall–Kier alpha value is -1.33. The van der Waals surface area contributed by atoms with Crippen molar-refractivity contribution in [1.82, 2.24) is 10.3 Å². The zero-order valence-electron chi connectivity index (χ0n) is 10.3. The fourth-order valence-corrected chi connectivity index (χ4v) is 1.48. The summed E-state index contributed by atoms with van der Waals surface area (Å²) in [6.07, 6.45) is 2.27. The summed E-state index contributed by atoms with van der Waals surface area (Å²) in [6.45, 7) is 4.78. The lowest BCUT2D eigenvalue weighted by atomic mass is 10.3. The summed E-state index contributed by atoms with van der Waals surface area (Å²) in [6, 6.07) is 1.80. The van der Waals surface area contributed by atoms with Gasteiger partial charge in [0.15, 0.2) is 6.29 Å². The Kier molecular flexibility index (Phi) is 5.72. The number of aliphatic hydroxyl groups is 1. The summed E-state index contributed by atoms with van der Waals surface area (Å²) in [5, 5.41) is 12.1. The third-order valence-corrected chi connectivity index (χ3v) is 2.34. The molecule has 96 valence electrons. The van der Waals surface area contributed by atoms with Crippen LogP contribution in [0, 0.1) is 6.92 Å². The number of H-pyrrole nitrogens is 1. The van der Waals surface area contributed by atoms with E-state index in [0.717, 1.165) is 5.56 Å². The van der Waals surface area contributed by atoms with E-state index in [1.807, 2.05) is 13.8 Å². The maximum absolute atomic E-state index is 11.6. The lowest BCUT2D eigenvalue weighted by Crippen LogP contribution is -2.25. The fourth-order valence-electron chi connectivity index (χ4n) is 1.48. The Labute approximate surface area is 101 Å². The molecule has 5 heteroatoms. The van der Waals surface area contributed by atoms with Crippen molar-refractivity contribution in [2.24, 2.45) is 0 Å². The van der Waals surface area contributed by atoms with Gasteiger partial charge in [-0.3, -0.25) is 4.79 Å². The smallest absolute Gasteiger partial charge is 0.267 e. The van der Waals surface area contributed by atoms with Crippen LogP contribution in [0.5, 0.6) is 0 Å². The van der Waals surface area contributed by atoms with Gasteiger partial charge in [-0.05, 0) is 38.3 Å². The van der Waals surface area contributed by atoms with Gasteiger partial charge in [0.2, 0.25) is 0 Å². The number of carbonyl (C=O) groups is 1. The van der Waals surface area contributed by atoms with Crippen molar-refractivity contribution < 1.29 is 14.6 Å². The van der Waals surface area contributed by atoms with Gasteiger partial charge in [0, 0.05) is 19.3 Å². The number of ether oxygens (including phenoxy) is 1. The van der Waals surface area contributed by atoms with Crippen LogP contribution in [0.2, 0.25) is 0 Å². The highest BCUT2D eigenvalue weighted by atomic mass is 16.6. The van der Waals surface area contributed by atoms with E-state index >= 15 is 0 Å². The van der Waals surface area contributed by atoms with Crippen molar-refractivity contribution in [2.75, 3.05) is 13.2 Å². The zero-order valence-corrected chi connectivity index (χ0v) is 10.3. The number of hydrogen-bond donors (Lipinski definition) is 3. The molecule has 1 amide bonds. The average molecular weight is 240 g/mol. The highest BCUT2D eigenvalue weighted by Gasteiger charge is 2.07. The number of aromatic amines is 1. The first-order valence-electron chi connectivity index (χ1n) is 5.86. The van der Waals surface area contributed by atoms with E-state index in [0.29, 0.717) is 31.7 Å². The molecule has 0 aliphatic carbocycles. The van der Waals surface area contributed by atoms with Crippen molar-refractivity contribution in [3.05, 3.63) is 23.5 Å². The molecule has 1 aromatic rings. The lowest BCUT2D eigenvalue weighted by Gasteiger charge is -2.10. The van der Waals surface area contributed by atoms with E-state index in [1.165, 1.54) is 0 Å². The zero-order chi connectivity index (χ0) is 12.7. The molecular weight excluding hydrogens is 220 g/mol.